The summed E-state index contributed by atoms with van der Waals surface area (Å²) in [5.74, 6) is -0.464. The molecule has 0 spiro atoms. The summed E-state index contributed by atoms with van der Waals surface area (Å²) < 4.78 is 27.7. The Balaban J connectivity index is 2.85. The smallest absolute Gasteiger partial charge is 0.361 e. The van der Waals surface area contributed by atoms with Gasteiger partial charge in [0, 0.05) is 0 Å². The highest BCUT2D eigenvalue weighted by molar-refractivity contribution is 7.62. The summed E-state index contributed by atoms with van der Waals surface area (Å²) in [4.78, 5) is 11.3. The molecule has 1 rings (SSSR count). The average molecular weight is 315 g/mol. The molecule has 0 fully saturated rings. The van der Waals surface area contributed by atoms with Crippen molar-refractivity contribution in [1.82, 2.24) is 0 Å². The quantitative estimate of drug-likeness (QED) is 0.579. The van der Waals surface area contributed by atoms with Gasteiger partial charge in [-0.15, -0.1) is 0 Å². The zero-order valence-corrected chi connectivity index (χ0v) is 13.5. The van der Waals surface area contributed by atoms with Gasteiger partial charge in [0.05, 0.1) is 25.6 Å². The number of esters is 1. The summed E-state index contributed by atoms with van der Waals surface area (Å²) in [5, 5.41) is 0.488. The van der Waals surface area contributed by atoms with Crippen LogP contribution in [0, 0.1) is 0 Å². The normalized spacial score (nSPS) is 13.0. The van der Waals surface area contributed by atoms with Crippen molar-refractivity contribution in [2.75, 3.05) is 20.3 Å². The van der Waals surface area contributed by atoms with Crippen LogP contribution >= 0.6 is 7.60 Å². The standard InChI is InChI=1S/C14H22NO5P/c1-4-19-21(17,20-5-2)12-8-6-11(7-9-12)10-13(15)14(16)18-3/h6-9,13H,4-5,10,15H2,1-3H3/t13-/m0/s1. The maximum atomic E-state index is 12.6. The minimum absolute atomic E-state index is 0.298. The lowest BCUT2D eigenvalue weighted by Gasteiger charge is -2.17. The van der Waals surface area contributed by atoms with Gasteiger partial charge in [0.2, 0.25) is 0 Å². The highest BCUT2D eigenvalue weighted by atomic mass is 31.2. The van der Waals surface area contributed by atoms with Crippen LogP contribution in [0.25, 0.3) is 0 Å². The van der Waals surface area contributed by atoms with Crippen LogP contribution in [0.3, 0.4) is 0 Å². The molecule has 118 valence electrons. The number of nitrogens with two attached hydrogens (primary N) is 1. The van der Waals surface area contributed by atoms with Crippen molar-refractivity contribution >= 4 is 18.9 Å². The molecule has 7 heteroatoms. The van der Waals surface area contributed by atoms with Crippen molar-refractivity contribution in [3.05, 3.63) is 29.8 Å². The van der Waals surface area contributed by atoms with E-state index in [4.69, 9.17) is 14.8 Å². The van der Waals surface area contributed by atoms with Crippen molar-refractivity contribution in [3.8, 4) is 0 Å². The molecule has 0 aliphatic rings. The molecule has 21 heavy (non-hydrogen) atoms. The van der Waals surface area contributed by atoms with Gasteiger partial charge in [0.15, 0.2) is 0 Å². The number of hydrogen-bond donors (Lipinski definition) is 1. The van der Waals surface area contributed by atoms with Gasteiger partial charge < -0.3 is 19.5 Å². The van der Waals surface area contributed by atoms with E-state index >= 15 is 0 Å². The lowest BCUT2D eigenvalue weighted by Crippen LogP contribution is -2.33. The molecule has 1 atom stereocenters. The van der Waals surface area contributed by atoms with Crippen LogP contribution < -0.4 is 11.0 Å². The molecule has 0 radical (unpaired) electrons. The first-order valence-electron chi connectivity index (χ1n) is 6.78. The molecule has 0 bridgehead atoms. The Kier molecular flexibility index (Phi) is 7.05. The minimum Gasteiger partial charge on any atom is -0.468 e. The van der Waals surface area contributed by atoms with Crippen molar-refractivity contribution in [2.45, 2.75) is 26.3 Å². The van der Waals surface area contributed by atoms with E-state index in [9.17, 15) is 9.36 Å². The Morgan fingerprint density at radius 2 is 1.71 bits per heavy atom. The van der Waals surface area contributed by atoms with Gasteiger partial charge in [-0.05, 0) is 38.0 Å². The van der Waals surface area contributed by atoms with Crippen LogP contribution in [0.2, 0.25) is 0 Å². The van der Waals surface area contributed by atoms with Crippen LogP contribution in [-0.4, -0.2) is 32.3 Å². The van der Waals surface area contributed by atoms with E-state index in [-0.39, 0.29) is 0 Å². The summed E-state index contributed by atoms with van der Waals surface area (Å²) in [5.41, 5.74) is 6.54. The summed E-state index contributed by atoms with van der Waals surface area (Å²) in [6, 6.07) is 6.13. The third-order valence-electron chi connectivity index (χ3n) is 2.81. The van der Waals surface area contributed by atoms with Gasteiger partial charge in [0.1, 0.15) is 6.04 Å². The van der Waals surface area contributed by atoms with Gasteiger partial charge >= 0.3 is 13.6 Å². The summed E-state index contributed by atoms with van der Waals surface area (Å²) in [6.07, 6.45) is 0.348. The molecule has 2 N–H and O–H groups in total. The maximum absolute atomic E-state index is 12.6. The molecular weight excluding hydrogens is 293 g/mol. The van der Waals surface area contributed by atoms with Gasteiger partial charge in [-0.3, -0.25) is 9.36 Å². The molecule has 0 unspecified atom stereocenters. The monoisotopic (exact) mass is 315 g/mol. The van der Waals surface area contributed by atoms with Gasteiger partial charge in [-0.2, -0.15) is 0 Å². The number of benzene rings is 1. The van der Waals surface area contributed by atoms with Crippen LogP contribution in [0.1, 0.15) is 19.4 Å². The van der Waals surface area contributed by atoms with Crippen LogP contribution in [0.4, 0.5) is 0 Å². The molecule has 0 aliphatic carbocycles. The molecule has 0 aromatic heterocycles. The fraction of sp³-hybridized carbons (Fsp3) is 0.500. The summed E-state index contributed by atoms with van der Waals surface area (Å²) in [6.45, 7) is 4.11. The van der Waals surface area contributed by atoms with E-state index in [1.807, 2.05) is 0 Å². The highest BCUT2D eigenvalue weighted by Gasteiger charge is 2.26. The van der Waals surface area contributed by atoms with E-state index in [2.05, 4.69) is 4.74 Å². The summed E-state index contributed by atoms with van der Waals surface area (Å²) >= 11 is 0. The van der Waals surface area contributed by atoms with E-state index in [1.54, 1.807) is 38.1 Å². The lowest BCUT2D eigenvalue weighted by molar-refractivity contribution is -0.142. The van der Waals surface area contributed by atoms with E-state index in [0.29, 0.717) is 24.9 Å². The molecule has 1 aromatic rings. The largest absolute Gasteiger partial charge is 0.468 e. The molecule has 0 amide bonds. The van der Waals surface area contributed by atoms with Gasteiger partial charge in [0.25, 0.3) is 0 Å². The fourth-order valence-electron chi connectivity index (χ4n) is 1.83. The fourth-order valence-corrected chi connectivity index (χ4v) is 3.40. The van der Waals surface area contributed by atoms with Gasteiger partial charge in [-0.25, -0.2) is 0 Å². The predicted octanol–water partition coefficient (Wildman–Crippen LogP) is 1.62. The first kappa shape index (κ1) is 17.9. The Morgan fingerprint density at radius 1 is 1.19 bits per heavy atom. The topological polar surface area (TPSA) is 87.9 Å². The number of carbonyl (C=O) groups is 1. The first-order valence-corrected chi connectivity index (χ1v) is 8.33. The maximum Gasteiger partial charge on any atom is 0.361 e. The van der Waals surface area contributed by atoms with Gasteiger partial charge in [-0.1, -0.05) is 12.1 Å². The Labute approximate surface area is 125 Å². The molecule has 0 aliphatic heterocycles. The third-order valence-corrected chi connectivity index (χ3v) is 4.94. The number of carbonyl (C=O) groups excluding carboxylic acids is 1. The van der Waals surface area contributed by atoms with Crippen LogP contribution in [0.15, 0.2) is 24.3 Å². The average Bonchev–Trinajstić information content (AvgIpc) is 2.47. The number of hydrogen-bond acceptors (Lipinski definition) is 6. The molecule has 6 nitrogen and oxygen atoms in total. The first-order chi connectivity index (χ1) is 9.96. The number of methoxy groups -OCH3 is 1. The molecule has 0 saturated carbocycles. The third kappa shape index (κ3) is 4.93. The van der Waals surface area contributed by atoms with E-state index < -0.39 is 19.6 Å². The molecule has 0 heterocycles. The van der Waals surface area contributed by atoms with E-state index in [0.717, 1.165) is 5.56 Å². The zero-order chi connectivity index (χ0) is 15.9. The second-order valence-electron chi connectivity index (χ2n) is 4.33. The predicted molar refractivity (Wildman–Crippen MR) is 80.6 cm³/mol. The zero-order valence-electron chi connectivity index (χ0n) is 12.6. The van der Waals surface area contributed by atoms with Crippen molar-refractivity contribution < 1.29 is 23.1 Å². The number of rotatable bonds is 8. The number of ether oxygens (including phenoxy) is 1. The van der Waals surface area contributed by atoms with Crippen molar-refractivity contribution in [2.24, 2.45) is 5.73 Å². The van der Waals surface area contributed by atoms with Crippen molar-refractivity contribution in [3.63, 3.8) is 0 Å². The highest BCUT2D eigenvalue weighted by Crippen LogP contribution is 2.46. The Bertz CT molecular complexity index is 493. The second kappa shape index (κ2) is 8.29. The molecule has 0 saturated heterocycles. The SMILES string of the molecule is CCOP(=O)(OCC)c1ccc(C[C@H](N)C(=O)OC)cc1. The van der Waals surface area contributed by atoms with Crippen LogP contribution in [-0.2, 0) is 29.6 Å². The molecular formula is C14H22NO5P. The molecule has 1 aromatic carbocycles. The minimum atomic E-state index is -3.27. The van der Waals surface area contributed by atoms with Crippen LogP contribution in [0.5, 0.6) is 0 Å². The van der Waals surface area contributed by atoms with Crippen molar-refractivity contribution in [1.29, 1.82) is 0 Å². The second-order valence-corrected chi connectivity index (χ2v) is 6.36. The Morgan fingerprint density at radius 3 is 2.14 bits per heavy atom. The van der Waals surface area contributed by atoms with E-state index in [1.165, 1.54) is 7.11 Å². The summed E-state index contributed by atoms with van der Waals surface area (Å²) in [7, 11) is -1.98. The Hall–Kier alpha value is -1.20. The lowest BCUT2D eigenvalue weighted by atomic mass is 10.1.